The molecular formula is C26H39NO10P+. The molecule has 0 amide bonds. The van der Waals surface area contributed by atoms with E-state index in [0.29, 0.717) is 46.0 Å². The Kier molecular flexibility index (Phi) is 9.78. The molecule has 0 aromatic heterocycles. The molecule has 38 heavy (non-hydrogen) atoms. The highest BCUT2D eigenvalue weighted by Crippen LogP contribution is 2.52. The molecule has 2 aromatic carbocycles. The topological polar surface area (TPSA) is 111 Å². The van der Waals surface area contributed by atoms with Crippen LogP contribution in [0, 0.1) is 0 Å². The third-order valence-electron chi connectivity index (χ3n) is 6.15. The van der Waals surface area contributed by atoms with Crippen LogP contribution in [0.25, 0.3) is 0 Å². The van der Waals surface area contributed by atoms with Crippen LogP contribution in [0.4, 0.5) is 0 Å². The Morgan fingerprint density at radius 3 is 1.61 bits per heavy atom. The minimum Gasteiger partial charge on any atom is -0.493 e. The van der Waals surface area contributed by atoms with Gasteiger partial charge in [0.25, 0.3) is 0 Å². The fourth-order valence-corrected chi connectivity index (χ4v) is 4.95. The summed E-state index contributed by atoms with van der Waals surface area (Å²) in [5.74, 6) is 2.13. The van der Waals surface area contributed by atoms with Gasteiger partial charge >= 0.3 is 7.82 Å². The molecular weight excluding hydrogens is 517 g/mol. The number of likely N-dealkylation sites (N-methyl/N-ethyl adjacent to an activating group) is 1. The van der Waals surface area contributed by atoms with E-state index in [0.717, 1.165) is 12.0 Å². The molecule has 212 valence electrons. The van der Waals surface area contributed by atoms with Crippen molar-refractivity contribution >= 4 is 7.82 Å². The number of phosphoric ester groups is 1. The third-order valence-corrected chi connectivity index (χ3v) is 7.08. The minimum absolute atomic E-state index is 0.0257. The lowest BCUT2D eigenvalue weighted by Crippen LogP contribution is -2.37. The molecule has 1 aliphatic heterocycles. The zero-order chi connectivity index (χ0) is 28.1. The molecule has 2 aromatic rings. The van der Waals surface area contributed by atoms with Gasteiger partial charge in [0.05, 0.1) is 68.9 Å². The summed E-state index contributed by atoms with van der Waals surface area (Å²) in [6.45, 7) is 0.561. The normalized spacial score (nSPS) is 19.0. The molecule has 0 radical (unpaired) electrons. The SMILES string of the molecule is COc1cc([C@H]2CC[C@H](c3cc(OC)c(OC)c(OP(=O)(O)OCC[N+](C)(C)C)c3)O2)cc(OC)c1OC. The van der Waals surface area contributed by atoms with Gasteiger partial charge in [-0.05, 0) is 48.2 Å². The van der Waals surface area contributed by atoms with E-state index in [1.165, 1.54) is 14.2 Å². The quantitative estimate of drug-likeness (QED) is 0.279. The Morgan fingerprint density at radius 1 is 0.789 bits per heavy atom. The van der Waals surface area contributed by atoms with E-state index in [1.54, 1.807) is 33.5 Å². The highest BCUT2D eigenvalue weighted by atomic mass is 31.2. The molecule has 0 aliphatic carbocycles. The van der Waals surface area contributed by atoms with Gasteiger partial charge in [-0.25, -0.2) is 4.57 Å². The van der Waals surface area contributed by atoms with Crippen molar-refractivity contribution in [1.29, 1.82) is 0 Å². The van der Waals surface area contributed by atoms with Gasteiger partial charge in [-0.1, -0.05) is 0 Å². The van der Waals surface area contributed by atoms with Crippen LogP contribution in [0.1, 0.15) is 36.2 Å². The second-order valence-corrected chi connectivity index (χ2v) is 11.2. The maximum absolute atomic E-state index is 12.7. The van der Waals surface area contributed by atoms with E-state index in [-0.39, 0.29) is 30.3 Å². The predicted molar refractivity (Wildman–Crippen MR) is 141 cm³/mol. The van der Waals surface area contributed by atoms with Crippen molar-refractivity contribution in [2.45, 2.75) is 25.0 Å². The van der Waals surface area contributed by atoms with E-state index >= 15 is 0 Å². The lowest BCUT2D eigenvalue weighted by molar-refractivity contribution is -0.870. The van der Waals surface area contributed by atoms with Gasteiger partial charge in [-0.15, -0.1) is 0 Å². The minimum atomic E-state index is -4.43. The maximum atomic E-state index is 12.7. The number of benzene rings is 2. The second-order valence-electron chi connectivity index (χ2n) is 9.81. The summed E-state index contributed by atoms with van der Waals surface area (Å²) in [6.07, 6.45) is 0.834. The summed E-state index contributed by atoms with van der Waals surface area (Å²) in [6, 6.07) is 7.13. The van der Waals surface area contributed by atoms with Gasteiger partial charge < -0.3 is 37.4 Å². The van der Waals surface area contributed by atoms with Crippen LogP contribution < -0.4 is 28.2 Å². The smallest absolute Gasteiger partial charge is 0.493 e. The predicted octanol–water partition coefficient (Wildman–Crippen LogP) is 4.52. The van der Waals surface area contributed by atoms with Crippen molar-refractivity contribution < 1.29 is 51.4 Å². The van der Waals surface area contributed by atoms with Crippen LogP contribution in [0.3, 0.4) is 0 Å². The molecule has 1 N–H and O–H groups in total. The number of nitrogens with zero attached hydrogens (tertiary/aromatic N) is 1. The van der Waals surface area contributed by atoms with Crippen molar-refractivity contribution in [3.05, 3.63) is 35.4 Å². The first-order valence-electron chi connectivity index (χ1n) is 12.1. The largest absolute Gasteiger partial charge is 0.527 e. The molecule has 12 heteroatoms. The van der Waals surface area contributed by atoms with Gasteiger partial charge in [0.15, 0.2) is 23.0 Å². The van der Waals surface area contributed by atoms with Crippen molar-refractivity contribution in [1.82, 2.24) is 0 Å². The van der Waals surface area contributed by atoms with E-state index in [9.17, 15) is 9.46 Å². The third kappa shape index (κ3) is 7.24. The molecule has 1 aliphatic rings. The number of methoxy groups -OCH3 is 5. The highest BCUT2D eigenvalue weighted by molar-refractivity contribution is 7.47. The number of hydrogen-bond donors (Lipinski definition) is 1. The average molecular weight is 557 g/mol. The Hall–Kier alpha value is -2.69. The van der Waals surface area contributed by atoms with Gasteiger partial charge in [-0.2, -0.15) is 0 Å². The van der Waals surface area contributed by atoms with Crippen LogP contribution in [0.2, 0.25) is 0 Å². The summed E-state index contributed by atoms with van der Waals surface area (Å²) in [5.41, 5.74) is 1.59. The first-order valence-corrected chi connectivity index (χ1v) is 13.6. The van der Waals surface area contributed by atoms with Crippen LogP contribution in [0.5, 0.6) is 34.5 Å². The summed E-state index contributed by atoms with van der Waals surface area (Å²) in [5, 5.41) is 0. The number of phosphoric acid groups is 1. The zero-order valence-corrected chi connectivity index (χ0v) is 24.2. The van der Waals surface area contributed by atoms with Crippen molar-refractivity contribution in [2.75, 3.05) is 69.8 Å². The van der Waals surface area contributed by atoms with E-state index in [2.05, 4.69) is 0 Å². The van der Waals surface area contributed by atoms with Crippen LogP contribution in [0.15, 0.2) is 24.3 Å². The van der Waals surface area contributed by atoms with Gasteiger partial charge in [-0.3, -0.25) is 9.42 Å². The van der Waals surface area contributed by atoms with Crippen molar-refractivity contribution in [3.63, 3.8) is 0 Å². The number of quaternary nitrogens is 1. The second kappa shape index (κ2) is 12.4. The van der Waals surface area contributed by atoms with Gasteiger partial charge in [0.2, 0.25) is 11.5 Å². The zero-order valence-electron chi connectivity index (χ0n) is 23.3. The first-order chi connectivity index (χ1) is 17.9. The van der Waals surface area contributed by atoms with Gasteiger partial charge in [0, 0.05) is 0 Å². The molecule has 0 saturated carbocycles. The maximum Gasteiger partial charge on any atom is 0.527 e. The summed E-state index contributed by atoms with van der Waals surface area (Å²) < 4.78 is 57.7. The Bertz CT molecular complexity index is 1120. The number of rotatable bonds is 13. The standard InChI is InChI=1S/C26H38NO10P/c1-27(2,3)11-12-35-38(28,29)37-24-16-18(15-23(32-6)26(24)34-8)20-10-9-19(36-20)17-13-21(30-4)25(33-7)22(14-17)31-5/h13-16,19-20H,9-12H2,1-8H3/p+1/t19-,20-/m1/s1. The van der Waals surface area contributed by atoms with Crippen LogP contribution in [-0.2, 0) is 13.8 Å². The lowest BCUT2D eigenvalue weighted by Gasteiger charge is -2.24. The Balaban J connectivity index is 1.86. The van der Waals surface area contributed by atoms with Crippen LogP contribution >= 0.6 is 7.82 Å². The summed E-state index contributed by atoms with van der Waals surface area (Å²) in [4.78, 5) is 10.4. The van der Waals surface area contributed by atoms with E-state index < -0.39 is 7.82 Å². The lowest BCUT2D eigenvalue weighted by atomic mass is 10.0. The van der Waals surface area contributed by atoms with E-state index in [1.807, 2.05) is 33.3 Å². The fraction of sp³-hybridized carbons (Fsp3) is 0.538. The molecule has 1 unspecified atom stereocenters. The highest BCUT2D eigenvalue weighted by Gasteiger charge is 2.33. The molecule has 0 bridgehead atoms. The fourth-order valence-electron chi connectivity index (χ4n) is 4.20. The first kappa shape index (κ1) is 29.9. The summed E-state index contributed by atoms with van der Waals surface area (Å²) >= 11 is 0. The van der Waals surface area contributed by atoms with E-state index in [4.69, 9.17) is 37.5 Å². The molecule has 11 nitrogen and oxygen atoms in total. The molecule has 1 fully saturated rings. The number of ether oxygens (including phenoxy) is 6. The van der Waals surface area contributed by atoms with Crippen molar-refractivity contribution in [3.8, 4) is 34.5 Å². The molecule has 1 heterocycles. The summed E-state index contributed by atoms with van der Waals surface area (Å²) in [7, 11) is 9.03. The van der Waals surface area contributed by atoms with Crippen LogP contribution in [-0.4, -0.2) is 79.2 Å². The number of hydrogen-bond acceptors (Lipinski definition) is 9. The van der Waals surface area contributed by atoms with Crippen molar-refractivity contribution in [2.24, 2.45) is 0 Å². The average Bonchev–Trinajstić information content (AvgIpc) is 3.36. The molecule has 3 atom stereocenters. The molecule has 3 rings (SSSR count). The monoisotopic (exact) mass is 556 g/mol. The Labute approximate surface area is 224 Å². The Morgan fingerprint density at radius 2 is 1.21 bits per heavy atom. The molecule has 1 saturated heterocycles. The molecule has 0 spiro atoms. The van der Waals surface area contributed by atoms with Gasteiger partial charge in [0.1, 0.15) is 13.2 Å².